The van der Waals surface area contributed by atoms with Gasteiger partial charge in [0.1, 0.15) is 0 Å². The van der Waals surface area contributed by atoms with Crippen LogP contribution in [0.2, 0.25) is 0 Å². The summed E-state index contributed by atoms with van der Waals surface area (Å²) in [4.78, 5) is 12.8. The smallest absolute Gasteiger partial charge is 0.303 e. The van der Waals surface area contributed by atoms with Gasteiger partial charge in [-0.05, 0) is 12.5 Å². The summed E-state index contributed by atoms with van der Waals surface area (Å²) < 4.78 is 5.06. The van der Waals surface area contributed by atoms with E-state index in [9.17, 15) is 10.0 Å². The van der Waals surface area contributed by atoms with Gasteiger partial charge in [-0.2, -0.15) is 0 Å². The summed E-state index contributed by atoms with van der Waals surface area (Å²) >= 11 is 0. The third-order valence-corrected chi connectivity index (χ3v) is 2.70. The zero-order chi connectivity index (χ0) is 15.0. The first-order valence-electron chi connectivity index (χ1n) is 6.37. The minimum Gasteiger partial charge on any atom is -0.455 e. The van der Waals surface area contributed by atoms with Gasteiger partial charge in [-0.15, -0.1) is 6.58 Å². The molecule has 1 aromatic carbocycles. The van der Waals surface area contributed by atoms with Crippen LogP contribution in [0.1, 0.15) is 19.4 Å². The molecule has 0 unspecified atom stereocenters. The summed E-state index contributed by atoms with van der Waals surface area (Å²) in [5, 5.41) is 12.5. The molecule has 108 valence electrons. The first-order valence-corrected chi connectivity index (χ1v) is 6.37. The Labute approximate surface area is 119 Å². The normalized spacial score (nSPS) is 12.6. The minimum atomic E-state index is -0.624. The van der Waals surface area contributed by atoms with E-state index in [0.717, 1.165) is 5.56 Å². The lowest BCUT2D eigenvalue weighted by molar-refractivity contribution is -0.143. The van der Waals surface area contributed by atoms with Crippen molar-refractivity contribution < 1.29 is 14.7 Å². The molecule has 0 aromatic heterocycles. The van der Waals surface area contributed by atoms with E-state index < -0.39 is 12.1 Å². The predicted molar refractivity (Wildman–Crippen MR) is 77.5 cm³/mol. The van der Waals surface area contributed by atoms with E-state index >= 15 is 0 Å². The topological polar surface area (TPSA) is 62.1 Å². The Morgan fingerprint density at radius 1 is 1.50 bits per heavy atom. The average Bonchev–Trinajstić information content (AvgIpc) is 2.40. The number of nitrogens with zero attached hydrogens (tertiary/aromatic N) is 2. The number of ether oxygens (including phenoxy) is 1. The van der Waals surface area contributed by atoms with Crippen LogP contribution in [0.25, 0.3) is 0 Å². The molecule has 0 saturated carbocycles. The van der Waals surface area contributed by atoms with E-state index in [-0.39, 0.29) is 0 Å². The number of hydrogen-bond donors (Lipinski definition) is 1. The van der Waals surface area contributed by atoms with Crippen molar-refractivity contribution in [3.8, 4) is 0 Å². The van der Waals surface area contributed by atoms with E-state index in [0.29, 0.717) is 18.9 Å². The molecular formula is C15H20N2O3. The van der Waals surface area contributed by atoms with Gasteiger partial charge in [0.25, 0.3) is 0 Å². The van der Waals surface area contributed by atoms with E-state index in [1.54, 1.807) is 17.9 Å². The summed E-state index contributed by atoms with van der Waals surface area (Å²) in [5.41, 5.74) is 1.06. The molecule has 0 radical (unpaired) electrons. The molecule has 5 heteroatoms. The highest BCUT2D eigenvalue weighted by Gasteiger charge is 2.21. The van der Waals surface area contributed by atoms with Crippen molar-refractivity contribution in [1.82, 2.24) is 4.90 Å². The lowest BCUT2D eigenvalue weighted by Gasteiger charge is -2.27. The quantitative estimate of drug-likeness (QED) is 0.216. The predicted octanol–water partition coefficient (Wildman–Crippen LogP) is 2.41. The van der Waals surface area contributed by atoms with Gasteiger partial charge in [0.15, 0.2) is 11.9 Å². The maximum atomic E-state index is 11.0. The molecule has 0 spiro atoms. The summed E-state index contributed by atoms with van der Waals surface area (Å²) in [6.45, 7) is 7.70. The highest BCUT2D eigenvalue weighted by Crippen LogP contribution is 2.09. The van der Waals surface area contributed by atoms with Crippen LogP contribution < -0.4 is 0 Å². The zero-order valence-electron chi connectivity index (χ0n) is 11.8. The monoisotopic (exact) mass is 276 g/mol. The van der Waals surface area contributed by atoms with E-state index in [4.69, 9.17) is 4.74 Å². The third-order valence-electron chi connectivity index (χ3n) is 2.70. The Morgan fingerprint density at radius 3 is 2.65 bits per heavy atom. The molecule has 0 aliphatic heterocycles. The van der Waals surface area contributed by atoms with Gasteiger partial charge >= 0.3 is 5.97 Å². The molecule has 0 bridgehead atoms. The summed E-state index contributed by atoms with van der Waals surface area (Å²) in [6, 6.07) is 9.76. The van der Waals surface area contributed by atoms with Crippen molar-refractivity contribution >= 4 is 11.8 Å². The van der Waals surface area contributed by atoms with Crippen LogP contribution in [0.3, 0.4) is 0 Å². The van der Waals surface area contributed by atoms with E-state index in [2.05, 4.69) is 11.7 Å². The third kappa shape index (κ3) is 4.76. The van der Waals surface area contributed by atoms with E-state index in [1.807, 2.05) is 30.3 Å². The summed E-state index contributed by atoms with van der Waals surface area (Å²) in [5.74, 6) is -0.124. The standard InChI is InChI=1S/C15H20N2O3/c1-4-10-17(11-14-8-6-5-7-9-14)15(16-19)12(2)20-13(3)18/h4-9,12,19H,1,10-11H2,2-3H3/b16-15+/t12-/m1/s1. The highest BCUT2D eigenvalue weighted by atomic mass is 16.5. The minimum absolute atomic E-state index is 0.295. The van der Waals surface area contributed by atoms with Crippen LogP contribution in [0, 0.1) is 0 Å². The Balaban J connectivity index is 2.87. The second-order valence-electron chi connectivity index (χ2n) is 4.36. The molecule has 0 aliphatic carbocycles. The first kappa shape index (κ1) is 15.8. The van der Waals surface area contributed by atoms with Crippen LogP contribution >= 0.6 is 0 Å². The maximum absolute atomic E-state index is 11.0. The molecular weight excluding hydrogens is 256 g/mol. The Bertz CT molecular complexity index is 471. The number of amidine groups is 1. The molecule has 1 rings (SSSR count). The number of benzene rings is 1. The molecule has 0 fully saturated rings. The molecule has 0 aliphatic rings. The first-order chi connectivity index (χ1) is 9.58. The fourth-order valence-electron chi connectivity index (χ4n) is 1.90. The molecule has 0 heterocycles. The van der Waals surface area contributed by atoms with E-state index in [1.165, 1.54) is 6.92 Å². The van der Waals surface area contributed by atoms with Gasteiger partial charge < -0.3 is 14.8 Å². The largest absolute Gasteiger partial charge is 0.455 e. The molecule has 1 atom stereocenters. The second-order valence-corrected chi connectivity index (χ2v) is 4.36. The van der Waals surface area contributed by atoms with Crippen LogP contribution in [0.4, 0.5) is 0 Å². The van der Waals surface area contributed by atoms with Crippen molar-refractivity contribution in [3.63, 3.8) is 0 Å². The summed E-state index contributed by atoms with van der Waals surface area (Å²) in [6.07, 6.45) is 1.08. The molecule has 5 nitrogen and oxygen atoms in total. The number of oxime groups is 1. The van der Waals surface area contributed by atoms with Crippen LogP contribution in [0.5, 0.6) is 0 Å². The van der Waals surface area contributed by atoms with Gasteiger partial charge in [-0.25, -0.2) is 0 Å². The van der Waals surface area contributed by atoms with Gasteiger partial charge in [0, 0.05) is 20.0 Å². The highest BCUT2D eigenvalue weighted by molar-refractivity contribution is 5.87. The van der Waals surface area contributed by atoms with Gasteiger partial charge in [-0.3, -0.25) is 4.79 Å². The fourth-order valence-corrected chi connectivity index (χ4v) is 1.90. The molecule has 1 aromatic rings. The number of rotatable bonds is 6. The fraction of sp³-hybridized carbons (Fsp3) is 0.333. The van der Waals surface area contributed by atoms with Crippen molar-refractivity contribution in [1.29, 1.82) is 0 Å². The Kier molecular flexibility index (Phi) is 6.29. The number of carbonyl (C=O) groups is 1. The van der Waals surface area contributed by atoms with Gasteiger partial charge in [0.2, 0.25) is 0 Å². The molecule has 0 amide bonds. The number of hydrogen-bond acceptors (Lipinski definition) is 4. The molecule has 0 saturated heterocycles. The number of carbonyl (C=O) groups excluding carboxylic acids is 1. The summed E-state index contributed by atoms with van der Waals surface area (Å²) in [7, 11) is 0. The van der Waals surface area contributed by atoms with Crippen molar-refractivity contribution in [2.75, 3.05) is 6.54 Å². The SMILES string of the molecule is C=CCN(Cc1ccccc1)/C(=N/O)[C@@H](C)OC(C)=O. The number of esters is 1. The average molecular weight is 276 g/mol. The Hall–Kier alpha value is -2.30. The lowest BCUT2D eigenvalue weighted by Crippen LogP contribution is -2.39. The molecule has 20 heavy (non-hydrogen) atoms. The second kappa shape index (κ2) is 7.99. The Morgan fingerprint density at radius 2 is 2.15 bits per heavy atom. The van der Waals surface area contributed by atoms with Gasteiger partial charge in [0.05, 0.1) is 0 Å². The van der Waals surface area contributed by atoms with Crippen LogP contribution in [-0.2, 0) is 16.1 Å². The van der Waals surface area contributed by atoms with Crippen molar-refractivity contribution in [2.24, 2.45) is 5.16 Å². The lowest BCUT2D eigenvalue weighted by atomic mass is 10.2. The maximum Gasteiger partial charge on any atom is 0.303 e. The van der Waals surface area contributed by atoms with Crippen LogP contribution in [0.15, 0.2) is 48.1 Å². The van der Waals surface area contributed by atoms with Crippen LogP contribution in [-0.4, -0.2) is 34.6 Å². The van der Waals surface area contributed by atoms with Crippen molar-refractivity contribution in [2.45, 2.75) is 26.5 Å². The van der Waals surface area contributed by atoms with Crippen molar-refractivity contribution in [3.05, 3.63) is 48.6 Å². The molecule has 1 N–H and O–H groups in total. The van der Waals surface area contributed by atoms with Gasteiger partial charge in [-0.1, -0.05) is 41.6 Å². The zero-order valence-corrected chi connectivity index (χ0v) is 11.8.